The van der Waals surface area contributed by atoms with Crippen molar-refractivity contribution in [3.05, 3.63) is 36.2 Å². The van der Waals surface area contributed by atoms with Gasteiger partial charge in [-0.05, 0) is 36.8 Å². The summed E-state index contributed by atoms with van der Waals surface area (Å²) < 4.78 is 26.6. The van der Waals surface area contributed by atoms with Crippen LogP contribution in [-0.2, 0) is 21.2 Å². The number of aryl methyl sites for hydroxylation is 1. The molecule has 1 amide bonds. The Hall–Kier alpha value is -1.91. The number of aromatic nitrogens is 3. The second kappa shape index (κ2) is 9.73. The summed E-state index contributed by atoms with van der Waals surface area (Å²) in [6.45, 7) is 3.72. The molecule has 1 N–H and O–H groups in total. The van der Waals surface area contributed by atoms with Crippen LogP contribution in [0.5, 0.6) is 0 Å². The zero-order valence-corrected chi connectivity index (χ0v) is 18.4. The van der Waals surface area contributed by atoms with Crippen LogP contribution in [0.3, 0.4) is 0 Å². The van der Waals surface area contributed by atoms with E-state index < -0.39 is 10.0 Å². The molecule has 0 radical (unpaired) electrons. The quantitative estimate of drug-likeness (QED) is 0.632. The van der Waals surface area contributed by atoms with Crippen molar-refractivity contribution in [2.75, 3.05) is 31.6 Å². The number of amides is 1. The van der Waals surface area contributed by atoms with Gasteiger partial charge in [-0.2, -0.15) is 0 Å². The number of carbonyl (C=O) groups excluding carboxylic acids is 1. The largest absolute Gasteiger partial charge is 0.355 e. The minimum atomic E-state index is -3.12. The number of nitrogens with zero attached hydrogens (tertiary/aromatic N) is 4. The van der Waals surface area contributed by atoms with Gasteiger partial charge in [0.15, 0.2) is 5.16 Å². The first-order valence-electron chi connectivity index (χ1n) is 9.71. The fourth-order valence-corrected chi connectivity index (χ4v) is 5.04. The molecular weight excluding hydrogens is 410 g/mol. The van der Waals surface area contributed by atoms with E-state index >= 15 is 0 Å². The molecule has 29 heavy (non-hydrogen) atoms. The predicted molar refractivity (Wildman–Crippen MR) is 114 cm³/mol. The van der Waals surface area contributed by atoms with Gasteiger partial charge in [0, 0.05) is 19.6 Å². The summed E-state index contributed by atoms with van der Waals surface area (Å²) in [7, 11) is -3.12. The van der Waals surface area contributed by atoms with Gasteiger partial charge in [0.2, 0.25) is 15.9 Å². The first-order chi connectivity index (χ1) is 13.9. The number of carbonyl (C=O) groups is 1. The van der Waals surface area contributed by atoms with E-state index in [4.69, 9.17) is 0 Å². The van der Waals surface area contributed by atoms with Gasteiger partial charge >= 0.3 is 0 Å². The molecule has 1 aliphatic heterocycles. The molecule has 2 aromatic rings. The van der Waals surface area contributed by atoms with Crippen molar-refractivity contribution in [2.24, 2.45) is 5.92 Å². The molecule has 0 atom stereocenters. The minimum Gasteiger partial charge on any atom is -0.355 e. The third-order valence-electron chi connectivity index (χ3n) is 5.11. The highest BCUT2D eigenvalue weighted by atomic mass is 32.2. The van der Waals surface area contributed by atoms with Crippen LogP contribution in [0.1, 0.15) is 25.3 Å². The molecule has 1 aromatic heterocycles. The summed E-state index contributed by atoms with van der Waals surface area (Å²) in [4.78, 5) is 12.3. The zero-order chi connectivity index (χ0) is 20.9. The first-order valence-corrected chi connectivity index (χ1v) is 12.5. The van der Waals surface area contributed by atoms with Gasteiger partial charge in [-0.3, -0.25) is 9.36 Å². The Kier molecular flexibility index (Phi) is 7.31. The van der Waals surface area contributed by atoms with Crippen LogP contribution in [-0.4, -0.2) is 65.0 Å². The summed E-state index contributed by atoms with van der Waals surface area (Å²) in [5.74, 6) is 0.510. The van der Waals surface area contributed by atoms with Crippen molar-refractivity contribution in [3.63, 3.8) is 0 Å². The maximum Gasteiger partial charge on any atom is 0.230 e. The van der Waals surface area contributed by atoms with Crippen LogP contribution in [0.15, 0.2) is 35.7 Å². The molecule has 158 valence electrons. The molecule has 0 aliphatic carbocycles. The highest BCUT2D eigenvalue weighted by molar-refractivity contribution is 7.99. The van der Waals surface area contributed by atoms with E-state index in [0.717, 1.165) is 24.9 Å². The van der Waals surface area contributed by atoms with E-state index in [1.165, 1.54) is 27.9 Å². The minimum absolute atomic E-state index is 0.0566. The van der Waals surface area contributed by atoms with Gasteiger partial charge in [0.05, 0.1) is 17.7 Å². The summed E-state index contributed by atoms with van der Waals surface area (Å²) in [5, 5.41) is 11.8. The van der Waals surface area contributed by atoms with Crippen molar-refractivity contribution < 1.29 is 13.2 Å². The van der Waals surface area contributed by atoms with E-state index in [1.54, 1.807) is 6.33 Å². The number of thioether (sulfide) groups is 1. The lowest BCUT2D eigenvalue weighted by Gasteiger charge is -2.30. The van der Waals surface area contributed by atoms with Gasteiger partial charge < -0.3 is 5.32 Å². The van der Waals surface area contributed by atoms with E-state index in [1.807, 2.05) is 22.8 Å². The van der Waals surface area contributed by atoms with Crippen LogP contribution < -0.4 is 5.32 Å². The molecule has 2 heterocycles. The van der Waals surface area contributed by atoms with Crippen molar-refractivity contribution in [2.45, 2.75) is 31.3 Å². The maximum absolute atomic E-state index is 12.3. The number of nitrogens with one attached hydrogen (secondary N) is 1. The highest BCUT2D eigenvalue weighted by Gasteiger charge is 2.25. The van der Waals surface area contributed by atoms with Crippen molar-refractivity contribution in [1.82, 2.24) is 24.4 Å². The normalized spacial score (nSPS) is 16.1. The number of hydrogen-bond acceptors (Lipinski definition) is 6. The third-order valence-corrected chi connectivity index (χ3v) is 7.36. The SMILES string of the molecule is CCc1ccccc1-n1cnnc1SCC(=O)NCC1CCN(S(C)(=O)=O)CC1. The van der Waals surface area contributed by atoms with E-state index in [9.17, 15) is 13.2 Å². The lowest BCUT2D eigenvalue weighted by Crippen LogP contribution is -2.41. The van der Waals surface area contributed by atoms with Gasteiger partial charge in [-0.15, -0.1) is 10.2 Å². The molecule has 0 saturated carbocycles. The first kappa shape index (κ1) is 21.8. The highest BCUT2D eigenvalue weighted by Crippen LogP contribution is 2.22. The molecule has 0 bridgehead atoms. The number of benzene rings is 1. The third kappa shape index (κ3) is 5.80. The van der Waals surface area contributed by atoms with E-state index in [2.05, 4.69) is 28.5 Å². The second-order valence-corrected chi connectivity index (χ2v) is 10.1. The molecule has 3 rings (SSSR count). The lowest BCUT2D eigenvalue weighted by molar-refractivity contribution is -0.118. The van der Waals surface area contributed by atoms with Crippen LogP contribution in [0.25, 0.3) is 5.69 Å². The molecule has 1 aliphatic rings. The van der Waals surface area contributed by atoms with Crippen molar-refractivity contribution >= 4 is 27.7 Å². The molecule has 1 aromatic carbocycles. The summed E-state index contributed by atoms with van der Waals surface area (Å²) in [5.41, 5.74) is 2.22. The maximum atomic E-state index is 12.3. The number of piperidine rings is 1. The summed E-state index contributed by atoms with van der Waals surface area (Å²) in [6.07, 6.45) is 5.34. The monoisotopic (exact) mass is 437 g/mol. The Labute approximate surface area is 176 Å². The average Bonchev–Trinajstić information content (AvgIpc) is 3.18. The second-order valence-electron chi connectivity index (χ2n) is 7.16. The fourth-order valence-electron chi connectivity index (χ4n) is 3.42. The molecule has 0 spiro atoms. The van der Waals surface area contributed by atoms with Gasteiger partial charge in [-0.25, -0.2) is 12.7 Å². The van der Waals surface area contributed by atoms with Gasteiger partial charge in [-0.1, -0.05) is 36.9 Å². The Morgan fingerprint density at radius 3 is 2.69 bits per heavy atom. The number of hydrogen-bond donors (Lipinski definition) is 1. The molecular formula is C19H27N5O3S2. The van der Waals surface area contributed by atoms with Gasteiger partial charge in [0.25, 0.3) is 0 Å². The van der Waals surface area contributed by atoms with E-state index in [0.29, 0.717) is 30.7 Å². The zero-order valence-electron chi connectivity index (χ0n) is 16.7. The molecule has 10 heteroatoms. The fraction of sp³-hybridized carbons (Fsp3) is 0.526. The molecule has 1 fully saturated rings. The smallest absolute Gasteiger partial charge is 0.230 e. The number of sulfonamides is 1. The topological polar surface area (TPSA) is 97.2 Å². The molecule has 0 unspecified atom stereocenters. The van der Waals surface area contributed by atoms with Crippen molar-refractivity contribution in [3.8, 4) is 5.69 Å². The summed E-state index contributed by atoms with van der Waals surface area (Å²) >= 11 is 1.36. The Morgan fingerprint density at radius 2 is 2.00 bits per heavy atom. The van der Waals surface area contributed by atoms with Crippen LogP contribution in [0.4, 0.5) is 0 Å². The number of para-hydroxylation sites is 1. The van der Waals surface area contributed by atoms with Gasteiger partial charge in [0.1, 0.15) is 6.33 Å². The Morgan fingerprint density at radius 1 is 1.28 bits per heavy atom. The molecule has 1 saturated heterocycles. The Balaban J connectivity index is 1.48. The standard InChI is InChI=1S/C19H27N5O3S2/c1-3-16-6-4-5-7-17(16)24-14-21-22-19(24)28-13-18(25)20-12-15-8-10-23(11-9-15)29(2,26)27/h4-7,14-15H,3,8-13H2,1-2H3,(H,20,25). The summed E-state index contributed by atoms with van der Waals surface area (Å²) in [6, 6.07) is 8.08. The lowest BCUT2D eigenvalue weighted by atomic mass is 9.98. The van der Waals surface area contributed by atoms with Crippen LogP contribution >= 0.6 is 11.8 Å². The average molecular weight is 438 g/mol. The van der Waals surface area contributed by atoms with Crippen molar-refractivity contribution in [1.29, 1.82) is 0 Å². The predicted octanol–water partition coefficient (Wildman–Crippen LogP) is 1.71. The molecule has 8 nitrogen and oxygen atoms in total. The van der Waals surface area contributed by atoms with E-state index in [-0.39, 0.29) is 11.7 Å². The Bertz CT molecular complexity index is 937. The van der Waals surface area contributed by atoms with Crippen LogP contribution in [0.2, 0.25) is 0 Å². The van der Waals surface area contributed by atoms with Crippen LogP contribution in [0, 0.1) is 5.92 Å². The number of rotatable bonds is 8.